The van der Waals surface area contributed by atoms with Crippen LogP contribution in [0.25, 0.3) is 10.1 Å². The Morgan fingerprint density at radius 3 is 2.79 bits per heavy atom. The number of carbonyl (C=O) groups is 1. The second-order valence-electron chi connectivity index (χ2n) is 4.86. The molecule has 2 rings (SSSR count). The van der Waals surface area contributed by atoms with Crippen LogP contribution < -0.4 is 11.1 Å². The largest absolute Gasteiger partial charge is 0.397 e. The summed E-state index contributed by atoms with van der Waals surface area (Å²) >= 11 is 1.47. The summed E-state index contributed by atoms with van der Waals surface area (Å²) in [6.45, 7) is 3.47. The van der Waals surface area contributed by atoms with Crippen molar-refractivity contribution in [3.63, 3.8) is 0 Å². The van der Waals surface area contributed by atoms with Gasteiger partial charge in [-0.3, -0.25) is 4.79 Å². The molecule has 0 aliphatic rings. The second-order valence-corrected chi connectivity index (χ2v) is 5.88. The molecule has 0 unspecified atom stereocenters. The number of hydrogen-bond donors (Lipinski definition) is 2. The summed E-state index contributed by atoms with van der Waals surface area (Å²) in [5, 5.41) is 3.88. The topological polar surface area (TPSA) is 58.4 Å². The van der Waals surface area contributed by atoms with E-state index in [-0.39, 0.29) is 5.91 Å². The van der Waals surface area contributed by atoms with Gasteiger partial charge in [0.05, 0.1) is 5.69 Å². The summed E-state index contributed by atoms with van der Waals surface area (Å²) in [7, 11) is 3.95. The number of nitrogens with two attached hydrogens (primary N) is 1. The average molecular weight is 277 g/mol. The number of benzene rings is 1. The molecule has 0 atom stereocenters. The first-order chi connectivity index (χ1) is 9.00. The molecule has 0 spiro atoms. The van der Waals surface area contributed by atoms with E-state index in [2.05, 4.69) is 5.32 Å². The molecular formula is C14H19N3OS. The number of hydrogen-bond acceptors (Lipinski definition) is 4. The second kappa shape index (κ2) is 5.59. The van der Waals surface area contributed by atoms with E-state index in [0.29, 0.717) is 17.1 Å². The van der Waals surface area contributed by atoms with E-state index in [9.17, 15) is 4.79 Å². The molecular weight excluding hydrogens is 258 g/mol. The Labute approximate surface area is 117 Å². The van der Waals surface area contributed by atoms with E-state index in [1.165, 1.54) is 11.3 Å². The van der Waals surface area contributed by atoms with Crippen LogP contribution in [0.3, 0.4) is 0 Å². The van der Waals surface area contributed by atoms with Gasteiger partial charge in [-0.25, -0.2) is 0 Å². The summed E-state index contributed by atoms with van der Waals surface area (Å²) in [5.41, 5.74) is 7.82. The van der Waals surface area contributed by atoms with E-state index in [1.54, 1.807) is 0 Å². The molecule has 0 aliphatic carbocycles. The molecule has 4 nitrogen and oxygen atoms in total. The lowest BCUT2D eigenvalue weighted by molar-refractivity contribution is 0.0956. The van der Waals surface area contributed by atoms with Gasteiger partial charge in [-0.1, -0.05) is 18.2 Å². The molecule has 0 saturated heterocycles. The molecule has 1 amide bonds. The number of rotatable bonds is 4. The van der Waals surface area contributed by atoms with E-state index >= 15 is 0 Å². The van der Waals surface area contributed by atoms with Crippen molar-refractivity contribution in [3.8, 4) is 0 Å². The SMILES string of the molecule is Cc1cccc2c(N)c(C(=O)NCCN(C)C)sc12. The predicted molar refractivity (Wildman–Crippen MR) is 81.9 cm³/mol. The van der Waals surface area contributed by atoms with E-state index in [0.717, 1.165) is 22.2 Å². The first kappa shape index (κ1) is 13.8. The van der Waals surface area contributed by atoms with Gasteiger partial charge in [0.25, 0.3) is 5.91 Å². The van der Waals surface area contributed by atoms with Gasteiger partial charge < -0.3 is 16.0 Å². The third-order valence-corrected chi connectivity index (χ3v) is 4.36. The Balaban J connectivity index is 2.23. The summed E-state index contributed by atoms with van der Waals surface area (Å²) in [4.78, 5) is 14.8. The highest BCUT2D eigenvalue weighted by Crippen LogP contribution is 2.35. The third-order valence-electron chi connectivity index (χ3n) is 3.00. The zero-order valence-corrected chi connectivity index (χ0v) is 12.3. The number of aryl methyl sites for hydroxylation is 1. The first-order valence-electron chi connectivity index (χ1n) is 6.21. The molecule has 102 valence electrons. The fraction of sp³-hybridized carbons (Fsp3) is 0.357. The zero-order valence-electron chi connectivity index (χ0n) is 11.5. The Morgan fingerprint density at radius 1 is 1.42 bits per heavy atom. The van der Waals surface area contributed by atoms with E-state index < -0.39 is 0 Å². The molecule has 2 aromatic rings. The van der Waals surface area contributed by atoms with Gasteiger partial charge in [-0.2, -0.15) is 0 Å². The number of amides is 1. The summed E-state index contributed by atoms with van der Waals surface area (Å²) < 4.78 is 1.10. The van der Waals surface area contributed by atoms with Crippen LogP contribution >= 0.6 is 11.3 Å². The van der Waals surface area contributed by atoms with Crippen molar-refractivity contribution in [2.24, 2.45) is 0 Å². The molecule has 0 radical (unpaired) electrons. The fourth-order valence-electron chi connectivity index (χ4n) is 1.92. The smallest absolute Gasteiger partial charge is 0.263 e. The van der Waals surface area contributed by atoms with Crippen LogP contribution in [0.1, 0.15) is 15.2 Å². The standard InChI is InChI=1S/C14H19N3OS/c1-9-5-4-6-10-11(15)13(19-12(9)10)14(18)16-7-8-17(2)3/h4-6H,7-8,15H2,1-3H3,(H,16,18). The van der Waals surface area contributed by atoms with Crippen LogP contribution in [0.5, 0.6) is 0 Å². The van der Waals surface area contributed by atoms with Crippen molar-refractivity contribution < 1.29 is 4.79 Å². The van der Waals surface area contributed by atoms with Crippen LogP contribution in [0, 0.1) is 6.92 Å². The Morgan fingerprint density at radius 2 is 2.16 bits per heavy atom. The lowest BCUT2D eigenvalue weighted by Crippen LogP contribution is -2.31. The maximum atomic E-state index is 12.1. The van der Waals surface area contributed by atoms with Gasteiger partial charge in [0.15, 0.2) is 0 Å². The fourth-order valence-corrected chi connectivity index (χ4v) is 3.03. The van der Waals surface area contributed by atoms with Gasteiger partial charge >= 0.3 is 0 Å². The number of carbonyl (C=O) groups excluding carboxylic acids is 1. The molecule has 3 N–H and O–H groups in total. The van der Waals surface area contributed by atoms with Gasteiger partial charge in [0, 0.05) is 23.2 Å². The Hall–Kier alpha value is -1.59. The van der Waals surface area contributed by atoms with Crippen molar-refractivity contribution in [2.75, 3.05) is 32.9 Å². The van der Waals surface area contributed by atoms with Gasteiger partial charge in [-0.05, 0) is 26.6 Å². The number of nitrogen functional groups attached to an aromatic ring is 1. The molecule has 0 aliphatic heterocycles. The Bertz CT molecular complexity index is 604. The van der Waals surface area contributed by atoms with E-state index in [1.807, 2.05) is 44.1 Å². The van der Waals surface area contributed by atoms with Crippen molar-refractivity contribution in [1.29, 1.82) is 0 Å². The number of thiophene rings is 1. The molecule has 1 aromatic carbocycles. The quantitative estimate of drug-likeness (QED) is 0.899. The predicted octanol–water partition coefficient (Wildman–Crippen LogP) is 2.08. The lowest BCUT2D eigenvalue weighted by Gasteiger charge is -2.09. The summed E-state index contributed by atoms with van der Waals surface area (Å²) in [6, 6.07) is 5.96. The zero-order chi connectivity index (χ0) is 14.0. The van der Waals surface area contributed by atoms with Crippen molar-refractivity contribution in [3.05, 3.63) is 28.6 Å². The van der Waals surface area contributed by atoms with Crippen molar-refractivity contribution in [1.82, 2.24) is 10.2 Å². The summed E-state index contributed by atoms with van der Waals surface area (Å²) in [5.74, 6) is -0.0834. The normalized spacial score (nSPS) is 11.2. The molecule has 1 heterocycles. The van der Waals surface area contributed by atoms with Gasteiger partial charge in [-0.15, -0.1) is 11.3 Å². The summed E-state index contributed by atoms with van der Waals surface area (Å²) in [6.07, 6.45) is 0. The van der Waals surface area contributed by atoms with Crippen LogP contribution in [0.4, 0.5) is 5.69 Å². The first-order valence-corrected chi connectivity index (χ1v) is 7.03. The molecule has 1 aromatic heterocycles. The highest BCUT2D eigenvalue weighted by molar-refractivity contribution is 7.21. The van der Waals surface area contributed by atoms with Crippen LogP contribution in [0.15, 0.2) is 18.2 Å². The Kier molecular flexibility index (Phi) is 4.07. The van der Waals surface area contributed by atoms with Crippen LogP contribution in [0.2, 0.25) is 0 Å². The molecule has 0 saturated carbocycles. The maximum Gasteiger partial charge on any atom is 0.263 e. The van der Waals surface area contributed by atoms with Crippen LogP contribution in [-0.2, 0) is 0 Å². The minimum Gasteiger partial charge on any atom is -0.397 e. The minimum atomic E-state index is -0.0834. The number of fused-ring (bicyclic) bond motifs is 1. The average Bonchev–Trinajstić information content (AvgIpc) is 2.68. The van der Waals surface area contributed by atoms with Gasteiger partial charge in [0.2, 0.25) is 0 Å². The number of nitrogens with zero attached hydrogens (tertiary/aromatic N) is 1. The van der Waals surface area contributed by atoms with Crippen molar-refractivity contribution >= 4 is 33.0 Å². The number of nitrogens with one attached hydrogen (secondary N) is 1. The third kappa shape index (κ3) is 2.88. The monoisotopic (exact) mass is 277 g/mol. The van der Waals surface area contributed by atoms with Gasteiger partial charge in [0.1, 0.15) is 4.88 Å². The molecule has 5 heteroatoms. The number of likely N-dealkylation sites (N-methyl/N-ethyl adjacent to an activating group) is 1. The number of anilines is 1. The minimum absolute atomic E-state index is 0.0834. The molecule has 19 heavy (non-hydrogen) atoms. The molecule has 0 bridgehead atoms. The van der Waals surface area contributed by atoms with Crippen molar-refractivity contribution in [2.45, 2.75) is 6.92 Å². The lowest BCUT2D eigenvalue weighted by atomic mass is 10.1. The maximum absolute atomic E-state index is 12.1. The molecule has 0 fully saturated rings. The van der Waals surface area contributed by atoms with Crippen LogP contribution in [-0.4, -0.2) is 38.0 Å². The van der Waals surface area contributed by atoms with E-state index in [4.69, 9.17) is 5.73 Å². The highest BCUT2D eigenvalue weighted by atomic mass is 32.1. The highest BCUT2D eigenvalue weighted by Gasteiger charge is 2.16.